The minimum absolute atomic E-state index is 0.470. The topological polar surface area (TPSA) is 53.4 Å². The van der Waals surface area contributed by atoms with Gasteiger partial charge >= 0.3 is 5.97 Å². The monoisotopic (exact) mass is 290 g/mol. The van der Waals surface area contributed by atoms with Crippen LogP contribution in [-0.4, -0.2) is 34.0 Å². The molecule has 5 heteroatoms. The molecule has 0 saturated carbocycles. The largest absolute Gasteiger partial charge is 0.480 e. The van der Waals surface area contributed by atoms with Gasteiger partial charge in [0.2, 0.25) is 0 Å². The lowest BCUT2D eigenvalue weighted by Gasteiger charge is -2.23. The summed E-state index contributed by atoms with van der Waals surface area (Å²) in [5.41, 5.74) is 1.83. The fraction of sp³-hybridized carbons (Fsp3) is 0.333. The molecule has 0 radical (unpaired) electrons. The molecule has 2 aromatic rings. The highest BCUT2D eigenvalue weighted by Crippen LogP contribution is 2.23. The first kappa shape index (κ1) is 14.7. The molecule has 0 fully saturated rings. The summed E-state index contributed by atoms with van der Waals surface area (Å²) < 4.78 is 0. The van der Waals surface area contributed by atoms with Crippen LogP contribution in [0.15, 0.2) is 35.7 Å². The van der Waals surface area contributed by atoms with Crippen LogP contribution >= 0.6 is 11.3 Å². The van der Waals surface area contributed by atoms with Crippen LogP contribution in [0.25, 0.3) is 10.6 Å². The van der Waals surface area contributed by atoms with Crippen LogP contribution in [0.3, 0.4) is 0 Å². The first-order valence-corrected chi connectivity index (χ1v) is 7.42. The van der Waals surface area contributed by atoms with E-state index >= 15 is 0 Å². The van der Waals surface area contributed by atoms with Crippen molar-refractivity contribution in [2.45, 2.75) is 25.9 Å². The Hall–Kier alpha value is -1.72. The number of thiophene rings is 1. The van der Waals surface area contributed by atoms with Crippen LogP contribution in [0.1, 0.15) is 19.0 Å². The normalized spacial score (nSPS) is 12.6. The molecule has 0 saturated heterocycles. The second kappa shape index (κ2) is 6.63. The number of pyridine rings is 1. The minimum Gasteiger partial charge on any atom is -0.480 e. The van der Waals surface area contributed by atoms with Gasteiger partial charge < -0.3 is 5.11 Å². The van der Waals surface area contributed by atoms with Crippen molar-refractivity contribution < 1.29 is 9.90 Å². The molecule has 0 spiro atoms. The highest BCUT2D eigenvalue weighted by Gasteiger charge is 2.20. The average Bonchev–Trinajstić information content (AvgIpc) is 2.93. The van der Waals surface area contributed by atoms with Gasteiger partial charge in [-0.25, -0.2) is 0 Å². The lowest BCUT2D eigenvalue weighted by Crippen LogP contribution is -2.37. The van der Waals surface area contributed by atoms with E-state index in [4.69, 9.17) is 5.11 Å². The van der Waals surface area contributed by atoms with Gasteiger partial charge in [0, 0.05) is 6.54 Å². The number of carbonyl (C=O) groups is 1. The molecule has 106 valence electrons. The van der Waals surface area contributed by atoms with E-state index < -0.39 is 12.0 Å². The zero-order chi connectivity index (χ0) is 14.5. The maximum Gasteiger partial charge on any atom is 0.320 e. The summed E-state index contributed by atoms with van der Waals surface area (Å²) in [6, 6.07) is 9.44. The van der Waals surface area contributed by atoms with Gasteiger partial charge in [0.05, 0.1) is 16.3 Å². The molecule has 2 aromatic heterocycles. The number of aromatic nitrogens is 1. The second-order valence-corrected chi connectivity index (χ2v) is 5.62. The van der Waals surface area contributed by atoms with E-state index in [9.17, 15) is 4.79 Å². The Labute approximate surface area is 122 Å². The number of carboxylic acid groups (broad SMARTS) is 1. The van der Waals surface area contributed by atoms with Crippen molar-refractivity contribution in [3.05, 3.63) is 41.4 Å². The van der Waals surface area contributed by atoms with Crippen LogP contribution < -0.4 is 0 Å². The molecule has 0 aromatic carbocycles. The molecule has 0 amide bonds. The predicted molar refractivity (Wildman–Crippen MR) is 80.7 cm³/mol. The molecule has 20 heavy (non-hydrogen) atoms. The summed E-state index contributed by atoms with van der Waals surface area (Å²) in [6.07, 6.45) is 0.580. The fourth-order valence-electron chi connectivity index (χ4n) is 2.17. The van der Waals surface area contributed by atoms with Gasteiger partial charge in [-0.2, -0.15) is 0 Å². The van der Waals surface area contributed by atoms with Crippen LogP contribution in [0, 0.1) is 0 Å². The first-order chi connectivity index (χ1) is 9.61. The summed E-state index contributed by atoms with van der Waals surface area (Å²) in [5.74, 6) is -0.788. The van der Waals surface area contributed by atoms with E-state index in [1.54, 1.807) is 11.3 Å². The SMILES string of the molecule is CC[C@H](C(=O)O)N(C)Cc1cccc(-c2cccs2)n1. The zero-order valence-electron chi connectivity index (χ0n) is 11.6. The number of hydrogen-bond acceptors (Lipinski definition) is 4. The molecule has 4 nitrogen and oxygen atoms in total. The van der Waals surface area contributed by atoms with E-state index in [0.29, 0.717) is 13.0 Å². The molecule has 2 rings (SSSR count). The smallest absolute Gasteiger partial charge is 0.320 e. The van der Waals surface area contributed by atoms with Crippen molar-refractivity contribution in [2.24, 2.45) is 0 Å². The highest BCUT2D eigenvalue weighted by molar-refractivity contribution is 7.13. The number of rotatable bonds is 6. The number of likely N-dealkylation sites (N-methyl/N-ethyl adjacent to an activating group) is 1. The Bertz CT molecular complexity index is 569. The van der Waals surface area contributed by atoms with Crippen molar-refractivity contribution in [2.75, 3.05) is 7.05 Å². The molecule has 0 aliphatic carbocycles. The predicted octanol–water partition coefficient (Wildman–Crippen LogP) is 3.11. The van der Waals surface area contributed by atoms with Gasteiger partial charge in [0.1, 0.15) is 6.04 Å². The standard InChI is InChI=1S/C15H18N2O2S/c1-3-13(15(18)19)17(2)10-11-6-4-7-12(16-11)14-8-5-9-20-14/h4-9,13H,3,10H2,1-2H3,(H,18,19)/t13-/m1/s1. The maximum absolute atomic E-state index is 11.2. The molecule has 0 unspecified atom stereocenters. The Morgan fingerprint density at radius 2 is 2.20 bits per heavy atom. The van der Waals surface area contributed by atoms with Crippen molar-refractivity contribution in [1.29, 1.82) is 0 Å². The highest BCUT2D eigenvalue weighted by atomic mass is 32.1. The van der Waals surface area contributed by atoms with Crippen molar-refractivity contribution >= 4 is 17.3 Å². The molecular weight excluding hydrogens is 272 g/mol. The van der Waals surface area contributed by atoms with E-state index in [-0.39, 0.29) is 0 Å². The number of aliphatic carboxylic acids is 1. The summed E-state index contributed by atoms with van der Waals surface area (Å²) in [4.78, 5) is 18.7. The van der Waals surface area contributed by atoms with Crippen molar-refractivity contribution in [1.82, 2.24) is 9.88 Å². The minimum atomic E-state index is -0.788. The number of carboxylic acids is 1. The Balaban J connectivity index is 2.14. The lowest BCUT2D eigenvalue weighted by molar-refractivity contribution is -0.143. The molecule has 0 aliphatic rings. The average molecular weight is 290 g/mol. The van der Waals surface area contributed by atoms with Gasteiger partial charge in [-0.15, -0.1) is 11.3 Å². The van der Waals surface area contributed by atoms with Crippen molar-refractivity contribution in [3.63, 3.8) is 0 Å². The number of nitrogens with zero attached hydrogens (tertiary/aromatic N) is 2. The maximum atomic E-state index is 11.2. The molecule has 1 N–H and O–H groups in total. The molecule has 1 atom stereocenters. The van der Waals surface area contributed by atoms with Crippen LogP contribution in [0.5, 0.6) is 0 Å². The third-order valence-electron chi connectivity index (χ3n) is 3.20. The summed E-state index contributed by atoms with van der Waals surface area (Å²) in [7, 11) is 1.82. The van der Waals surface area contributed by atoms with E-state index in [1.807, 2.05) is 54.6 Å². The first-order valence-electron chi connectivity index (χ1n) is 6.54. The second-order valence-electron chi connectivity index (χ2n) is 4.67. The van der Waals surface area contributed by atoms with Crippen LogP contribution in [0.2, 0.25) is 0 Å². The van der Waals surface area contributed by atoms with E-state index in [0.717, 1.165) is 16.3 Å². The zero-order valence-corrected chi connectivity index (χ0v) is 12.4. The molecule has 0 bridgehead atoms. The Kier molecular flexibility index (Phi) is 4.87. The fourth-order valence-corrected chi connectivity index (χ4v) is 2.87. The quantitative estimate of drug-likeness (QED) is 0.888. The lowest BCUT2D eigenvalue weighted by atomic mass is 10.2. The summed E-state index contributed by atoms with van der Waals surface area (Å²) in [5, 5.41) is 11.2. The molecule has 0 aliphatic heterocycles. The third-order valence-corrected chi connectivity index (χ3v) is 4.09. The number of hydrogen-bond donors (Lipinski definition) is 1. The van der Waals surface area contributed by atoms with Crippen LogP contribution in [-0.2, 0) is 11.3 Å². The third kappa shape index (κ3) is 3.43. The van der Waals surface area contributed by atoms with E-state index in [2.05, 4.69) is 4.98 Å². The van der Waals surface area contributed by atoms with Gasteiger partial charge in [0.25, 0.3) is 0 Å². The summed E-state index contributed by atoms with van der Waals surface area (Å²) in [6.45, 7) is 2.41. The van der Waals surface area contributed by atoms with E-state index in [1.165, 1.54) is 0 Å². The Morgan fingerprint density at radius 3 is 2.80 bits per heavy atom. The van der Waals surface area contributed by atoms with Gasteiger partial charge in [-0.05, 0) is 37.0 Å². The molecular formula is C15H18N2O2S. The van der Waals surface area contributed by atoms with Gasteiger partial charge in [-0.1, -0.05) is 19.1 Å². The van der Waals surface area contributed by atoms with Crippen molar-refractivity contribution in [3.8, 4) is 10.6 Å². The molecule has 2 heterocycles. The Morgan fingerprint density at radius 1 is 1.40 bits per heavy atom. The van der Waals surface area contributed by atoms with Gasteiger partial charge in [0.15, 0.2) is 0 Å². The summed E-state index contributed by atoms with van der Waals surface area (Å²) >= 11 is 1.65. The van der Waals surface area contributed by atoms with Gasteiger partial charge in [-0.3, -0.25) is 14.7 Å². The van der Waals surface area contributed by atoms with Crippen LogP contribution in [0.4, 0.5) is 0 Å².